The number of carbonyl (C=O) groups excluding carboxylic acids is 2. The number of aromatic hydroxyl groups is 1. The molecule has 2 aromatic carbocycles. The highest BCUT2D eigenvalue weighted by Crippen LogP contribution is 2.28. The van der Waals surface area contributed by atoms with Crippen LogP contribution in [0.25, 0.3) is 11.0 Å². The van der Waals surface area contributed by atoms with E-state index in [0.29, 0.717) is 67.0 Å². The fourth-order valence-electron chi connectivity index (χ4n) is 4.30. The van der Waals surface area contributed by atoms with E-state index in [0.717, 1.165) is 13.0 Å². The van der Waals surface area contributed by atoms with Gasteiger partial charge in [0.2, 0.25) is 5.88 Å². The number of hydrogen-bond acceptors (Lipinski definition) is 6. The minimum Gasteiger partial charge on any atom is -0.492 e. The molecule has 0 radical (unpaired) electrons. The van der Waals surface area contributed by atoms with E-state index in [4.69, 9.17) is 4.74 Å². The number of unbranched alkanes of at least 4 members (excludes halogenated alkanes) is 1. The summed E-state index contributed by atoms with van der Waals surface area (Å²) in [6.07, 6.45) is 3.12. The molecule has 1 N–H and O–H groups in total. The molecule has 0 spiro atoms. The number of benzene rings is 2. The van der Waals surface area contributed by atoms with Gasteiger partial charge in [-0.05, 0) is 56.4 Å². The number of esters is 1. The lowest BCUT2D eigenvalue weighted by Gasteiger charge is -2.17. The predicted molar refractivity (Wildman–Crippen MR) is 125 cm³/mol. The first kappa shape index (κ1) is 22.7. The standard InChI is InChI=1S/C26H29N3O4/c1-2-33-24(30)11-7-6-10-22-25(31)28-21-13-12-19(16-23(21)27-22)26(32)29-15-14-20(17-29)18-8-4-3-5-9-18/h3-5,8-9,12-13,16,20H,2,6-7,10-11,14-15,17H2,1H3,(H,28,31). The first-order chi connectivity index (χ1) is 16.0. The van der Waals surface area contributed by atoms with Crippen molar-refractivity contribution in [2.24, 2.45) is 0 Å². The molecule has 0 bridgehead atoms. The molecule has 7 nitrogen and oxygen atoms in total. The quantitative estimate of drug-likeness (QED) is 0.410. The number of fused-ring (bicyclic) bond motifs is 1. The van der Waals surface area contributed by atoms with Crippen LogP contribution in [0.1, 0.15) is 60.1 Å². The first-order valence-corrected chi connectivity index (χ1v) is 11.5. The molecular weight excluding hydrogens is 418 g/mol. The van der Waals surface area contributed by atoms with Crippen molar-refractivity contribution >= 4 is 22.9 Å². The SMILES string of the molecule is CCOC(=O)CCCCc1nc2cc(C(=O)N3CCC(c4ccccc4)C3)ccc2nc1O. The molecule has 1 unspecified atom stereocenters. The van der Waals surface area contributed by atoms with Gasteiger partial charge in [0.25, 0.3) is 5.91 Å². The third-order valence-electron chi connectivity index (χ3n) is 6.06. The zero-order chi connectivity index (χ0) is 23.2. The summed E-state index contributed by atoms with van der Waals surface area (Å²) >= 11 is 0. The Morgan fingerprint density at radius 2 is 1.91 bits per heavy atom. The summed E-state index contributed by atoms with van der Waals surface area (Å²) in [5.74, 6) is 0.0172. The number of rotatable bonds is 8. The van der Waals surface area contributed by atoms with E-state index in [-0.39, 0.29) is 17.8 Å². The van der Waals surface area contributed by atoms with Crippen LogP contribution in [0.5, 0.6) is 5.88 Å². The molecule has 1 amide bonds. The van der Waals surface area contributed by atoms with Gasteiger partial charge in [0.15, 0.2) is 0 Å². The Balaban J connectivity index is 1.43. The van der Waals surface area contributed by atoms with Crippen LogP contribution in [-0.2, 0) is 16.0 Å². The molecule has 1 aliphatic rings. The van der Waals surface area contributed by atoms with Gasteiger partial charge in [-0.15, -0.1) is 0 Å². The Morgan fingerprint density at radius 3 is 2.70 bits per heavy atom. The molecule has 1 saturated heterocycles. The van der Waals surface area contributed by atoms with Crippen molar-refractivity contribution in [1.29, 1.82) is 0 Å². The lowest BCUT2D eigenvalue weighted by atomic mass is 9.99. The van der Waals surface area contributed by atoms with E-state index in [9.17, 15) is 14.7 Å². The second-order valence-electron chi connectivity index (χ2n) is 8.36. The van der Waals surface area contributed by atoms with Gasteiger partial charge in [-0.2, -0.15) is 0 Å². The van der Waals surface area contributed by atoms with Crippen LogP contribution in [0.4, 0.5) is 0 Å². The molecule has 1 aliphatic heterocycles. The second kappa shape index (κ2) is 10.4. The molecule has 3 aromatic rings. The number of aromatic nitrogens is 2. The smallest absolute Gasteiger partial charge is 0.305 e. The van der Waals surface area contributed by atoms with Gasteiger partial charge in [0, 0.05) is 31.0 Å². The average molecular weight is 448 g/mol. The Bertz CT molecular complexity index is 1130. The predicted octanol–water partition coefficient (Wildman–Crippen LogP) is 4.24. The van der Waals surface area contributed by atoms with Crippen LogP contribution >= 0.6 is 0 Å². The minimum absolute atomic E-state index is 0.0128. The van der Waals surface area contributed by atoms with Crippen LogP contribution in [-0.4, -0.2) is 51.5 Å². The number of carbonyl (C=O) groups is 2. The van der Waals surface area contributed by atoms with Crippen molar-refractivity contribution in [3.05, 3.63) is 65.4 Å². The zero-order valence-corrected chi connectivity index (χ0v) is 18.9. The highest BCUT2D eigenvalue weighted by atomic mass is 16.5. The maximum atomic E-state index is 13.1. The van der Waals surface area contributed by atoms with E-state index in [2.05, 4.69) is 22.1 Å². The number of likely N-dealkylation sites (tertiary alicyclic amines) is 1. The number of nitrogens with zero attached hydrogens (tertiary/aromatic N) is 3. The Hall–Kier alpha value is -3.48. The average Bonchev–Trinajstić information content (AvgIpc) is 3.32. The molecule has 172 valence electrons. The fraction of sp³-hybridized carbons (Fsp3) is 0.385. The molecule has 0 saturated carbocycles. The van der Waals surface area contributed by atoms with Crippen LogP contribution in [0.15, 0.2) is 48.5 Å². The van der Waals surface area contributed by atoms with E-state index >= 15 is 0 Å². The molecule has 0 aliphatic carbocycles. The van der Waals surface area contributed by atoms with Gasteiger partial charge in [-0.25, -0.2) is 9.97 Å². The van der Waals surface area contributed by atoms with Gasteiger partial charge >= 0.3 is 5.97 Å². The summed E-state index contributed by atoms with van der Waals surface area (Å²) in [5.41, 5.74) is 3.44. The lowest BCUT2D eigenvalue weighted by molar-refractivity contribution is -0.143. The topological polar surface area (TPSA) is 92.6 Å². The highest BCUT2D eigenvalue weighted by Gasteiger charge is 2.28. The monoisotopic (exact) mass is 447 g/mol. The zero-order valence-electron chi connectivity index (χ0n) is 18.9. The normalized spacial score (nSPS) is 15.7. The van der Waals surface area contributed by atoms with E-state index in [1.807, 2.05) is 23.1 Å². The van der Waals surface area contributed by atoms with Gasteiger partial charge in [0.05, 0.1) is 17.6 Å². The molecule has 2 heterocycles. The third kappa shape index (κ3) is 5.48. The van der Waals surface area contributed by atoms with Crippen LogP contribution in [0.2, 0.25) is 0 Å². The Morgan fingerprint density at radius 1 is 1.09 bits per heavy atom. The second-order valence-corrected chi connectivity index (χ2v) is 8.36. The van der Waals surface area contributed by atoms with Crippen molar-refractivity contribution in [3.8, 4) is 5.88 Å². The van der Waals surface area contributed by atoms with Crippen molar-refractivity contribution in [3.63, 3.8) is 0 Å². The van der Waals surface area contributed by atoms with E-state index in [1.54, 1.807) is 25.1 Å². The van der Waals surface area contributed by atoms with E-state index in [1.165, 1.54) is 5.56 Å². The molecule has 1 atom stereocenters. The van der Waals surface area contributed by atoms with Crippen molar-refractivity contribution in [2.75, 3.05) is 19.7 Å². The number of ether oxygens (including phenoxy) is 1. The first-order valence-electron chi connectivity index (χ1n) is 11.5. The fourth-order valence-corrected chi connectivity index (χ4v) is 4.30. The molecule has 1 fully saturated rings. The van der Waals surface area contributed by atoms with Crippen molar-refractivity contribution < 1.29 is 19.4 Å². The molecule has 33 heavy (non-hydrogen) atoms. The summed E-state index contributed by atoms with van der Waals surface area (Å²) in [6.45, 7) is 3.59. The van der Waals surface area contributed by atoms with Gasteiger partial charge in [-0.3, -0.25) is 9.59 Å². The maximum absolute atomic E-state index is 13.1. The van der Waals surface area contributed by atoms with Crippen LogP contribution in [0.3, 0.4) is 0 Å². The lowest BCUT2D eigenvalue weighted by Crippen LogP contribution is -2.28. The Labute approximate surface area is 193 Å². The maximum Gasteiger partial charge on any atom is 0.305 e. The number of aryl methyl sites for hydroxylation is 1. The largest absolute Gasteiger partial charge is 0.492 e. The molecule has 4 rings (SSSR count). The van der Waals surface area contributed by atoms with Crippen molar-refractivity contribution in [2.45, 2.75) is 44.9 Å². The summed E-state index contributed by atoms with van der Waals surface area (Å²) in [7, 11) is 0. The number of amides is 1. The minimum atomic E-state index is -0.217. The van der Waals surface area contributed by atoms with Gasteiger partial charge < -0.3 is 14.7 Å². The van der Waals surface area contributed by atoms with Crippen LogP contribution in [0, 0.1) is 0 Å². The van der Waals surface area contributed by atoms with E-state index < -0.39 is 0 Å². The van der Waals surface area contributed by atoms with Gasteiger partial charge in [-0.1, -0.05) is 30.3 Å². The summed E-state index contributed by atoms with van der Waals surface area (Å²) in [6, 6.07) is 15.5. The molecule has 1 aromatic heterocycles. The summed E-state index contributed by atoms with van der Waals surface area (Å²) < 4.78 is 4.93. The number of hydrogen-bond donors (Lipinski definition) is 1. The van der Waals surface area contributed by atoms with Gasteiger partial charge in [0.1, 0.15) is 5.69 Å². The third-order valence-corrected chi connectivity index (χ3v) is 6.06. The van der Waals surface area contributed by atoms with Crippen molar-refractivity contribution in [1.82, 2.24) is 14.9 Å². The summed E-state index contributed by atoms with van der Waals surface area (Å²) in [5, 5.41) is 10.2. The molecular formula is C26H29N3O4. The van der Waals surface area contributed by atoms with Crippen LogP contribution < -0.4 is 0 Å². The Kier molecular flexibility index (Phi) is 7.17. The summed E-state index contributed by atoms with van der Waals surface area (Å²) in [4.78, 5) is 35.3. The molecule has 7 heteroatoms. The highest BCUT2D eigenvalue weighted by molar-refractivity contribution is 5.97.